The molecule has 15 nitrogen and oxygen atoms in total. The number of ketones is 1. The van der Waals surface area contributed by atoms with Crippen LogP contribution in [-0.4, -0.2) is 158 Å². The van der Waals surface area contributed by atoms with Crippen molar-refractivity contribution < 1.29 is 74.4 Å². The molecule has 6 rings (SSSR count). The minimum atomic E-state index is -1.51. The van der Waals surface area contributed by atoms with Crippen LogP contribution in [0, 0.1) is 52.3 Å². The van der Waals surface area contributed by atoms with Crippen LogP contribution in [0.1, 0.15) is 86.0 Å². The molecule has 4 saturated carbocycles. The van der Waals surface area contributed by atoms with Gasteiger partial charge in [-0.2, -0.15) is 0 Å². The molecule has 0 aromatic carbocycles. The summed E-state index contributed by atoms with van der Waals surface area (Å²) >= 11 is 0. The van der Waals surface area contributed by atoms with E-state index < -0.39 is 96.5 Å². The molecule has 6 fully saturated rings. The van der Waals surface area contributed by atoms with Gasteiger partial charge in [0, 0.05) is 25.4 Å². The zero-order valence-corrected chi connectivity index (χ0v) is 33.2. The minimum absolute atomic E-state index is 0.0119. The maximum Gasteiger partial charge on any atom is 0.186 e. The molecule has 0 amide bonds. The highest BCUT2D eigenvalue weighted by atomic mass is 16.7. The third-order valence-corrected chi connectivity index (χ3v) is 15.5. The van der Waals surface area contributed by atoms with Crippen molar-refractivity contribution in [2.24, 2.45) is 52.3 Å². The summed E-state index contributed by atoms with van der Waals surface area (Å²) in [7, 11) is 1.42. The van der Waals surface area contributed by atoms with E-state index in [9.17, 15) is 50.8 Å². The number of ether oxygens (including phenoxy) is 5. The van der Waals surface area contributed by atoms with Gasteiger partial charge in [-0.05, 0) is 85.4 Å². The second-order valence-electron chi connectivity index (χ2n) is 18.9. The van der Waals surface area contributed by atoms with Crippen LogP contribution in [0.4, 0.5) is 0 Å². The maximum absolute atomic E-state index is 14.2. The topological polar surface area (TPSA) is 245 Å². The van der Waals surface area contributed by atoms with E-state index in [2.05, 4.69) is 34.6 Å². The largest absolute Gasteiger partial charge is 0.394 e. The fourth-order valence-corrected chi connectivity index (χ4v) is 12.4. The highest BCUT2D eigenvalue weighted by Gasteiger charge is 2.73. The third kappa shape index (κ3) is 7.60. The monoisotopic (exact) mass is 788 g/mol. The van der Waals surface area contributed by atoms with Crippen molar-refractivity contribution in [1.82, 2.24) is 0 Å². The van der Waals surface area contributed by atoms with E-state index in [0.717, 1.165) is 0 Å². The van der Waals surface area contributed by atoms with E-state index in [0.29, 0.717) is 44.9 Å². The lowest BCUT2D eigenvalue weighted by Gasteiger charge is -2.64. The van der Waals surface area contributed by atoms with Crippen LogP contribution >= 0.6 is 0 Å². The molecule has 318 valence electrons. The van der Waals surface area contributed by atoms with Gasteiger partial charge < -0.3 is 69.6 Å². The molecule has 4 aliphatic carbocycles. The van der Waals surface area contributed by atoms with Gasteiger partial charge in [-0.15, -0.1) is 0 Å². The molecular weight excluding hydrogens is 720 g/mol. The molecule has 0 aromatic heterocycles. The fourth-order valence-electron chi connectivity index (χ4n) is 12.4. The Morgan fingerprint density at radius 2 is 1.58 bits per heavy atom. The summed E-state index contributed by atoms with van der Waals surface area (Å²) < 4.78 is 28.8. The molecule has 5 unspecified atom stereocenters. The Morgan fingerprint density at radius 1 is 0.891 bits per heavy atom. The number of carbonyl (C=O) groups excluding carboxylic acids is 1. The first-order chi connectivity index (χ1) is 25.8. The van der Waals surface area contributed by atoms with E-state index in [1.165, 1.54) is 7.11 Å². The van der Waals surface area contributed by atoms with Crippen LogP contribution in [0.25, 0.3) is 0 Å². The predicted octanol–water partition coefficient (Wildman–Crippen LogP) is -0.136. The number of fused-ring (bicyclic) bond motifs is 5. The molecule has 0 radical (unpaired) electrons. The van der Waals surface area contributed by atoms with E-state index >= 15 is 0 Å². The molecule has 21 atom stereocenters. The van der Waals surface area contributed by atoms with Gasteiger partial charge in [0.2, 0.25) is 0 Å². The van der Waals surface area contributed by atoms with Crippen molar-refractivity contribution in [1.29, 1.82) is 0 Å². The van der Waals surface area contributed by atoms with Crippen molar-refractivity contribution >= 4 is 5.78 Å². The Balaban J connectivity index is 1.11. The second-order valence-corrected chi connectivity index (χ2v) is 18.9. The summed E-state index contributed by atoms with van der Waals surface area (Å²) in [6.45, 7) is 9.80. The number of methoxy groups -OCH3 is 1. The Kier molecular flexibility index (Phi) is 13.2. The Morgan fingerprint density at radius 3 is 2.24 bits per heavy atom. The van der Waals surface area contributed by atoms with Crippen LogP contribution < -0.4 is 0 Å². The number of carbonyl (C=O) groups is 1. The minimum Gasteiger partial charge on any atom is -0.394 e. The summed E-state index contributed by atoms with van der Waals surface area (Å²) in [5.74, 6) is -1.68. The average molecular weight is 789 g/mol. The van der Waals surface area contributed by atoms with E-state index in [1.54, 1.807) is 0 Å². The van der Waals surface area contributed by atoms with E-state index in [-0.39, 0.29) is 67.0 Å². The number of hydrogen-bond donors (Lipinski definition) is 9. The SMILES string of the molecule is CO[C@H]1[C@H](O[C@H]2CC[C@@]3(C)C(C2)C(=O)C[C@]2(O)C3CC[C@@]3(C)C2[C@@H](O)[C@H](O)[C@@H]3[C@H](C)CCC(CO[C@@H]2O[C@@H](C(O)CO)[C@@H](O)[C@H]2O)C(C)C)OC[C@@H](O)[C@@H]1O. The number of Topliss-reactive ketones (excluding diaryl/α,β-unsaturated/α-hetero) is 1. The molecule has 0 spiro atoms. The summed E-state index contributed by atoms with van der Waals surface area (Å²) in [6.07, 6.45) is -9.02. The van der Waals surface area contributed by atoms with Crippen LogP contribution in [0.15, 0.2) is 0 Å². The molecule has 15 heteroatoms. The first-order valence-electron chi connectivity index (χ1n) is 20.5. The highest BCUT2D eigenvalue weighted by Crippen LogP contribution is 2.69. The smallest absolute Gasteiger partial charge is 0.186 e. The van der Waals surface area contributed by atoms with E-state index in [4.69, 9.17) is 23.7 Å². The Bertz CT molecular complexity index is 1320. The van der Waals surface area contributed by atoms with Crippen molar-refractivity contribution in [3.63, 3.8) is 0 Å². The summed E-state index contributed by atoms with van der Waals surface area (Å²) in [4.78, 5) is 14.2. The molecule has 0 bridgehead atoms. The normalized spacial score (nSPS) is 50.3. The fraction of sp³-hybridized carbons (Fsp3) is 0.975. The lowest BCUT2D eigenvalue weighted by molar-refractivity contribution is -0.296. The van der Waals surface area contributed by atoms with Crippen LogP contribution in [-0.2, 0) is 28.5 Å². The highest BCUT2D eigenvalue weighted by molar-refractivity contribution is 5.84. The van der Waals surface area contributed by atoms with Crippen molar-refractivity contribution in [3.8, 4) is 0 Å². The standard InChI is InChI=1S/C40H68O15/c1-18(2)20(16-52-36-32(49)30(47)33(55-36)24(43)15-41)8-7-19(3)27-29(46)31(48)35-39(27,5)12-10-26-38(4)11-9-21(13-22(38)23(42)14-40(26,35)50)54-37-34(51-6)28(45)25(44)17-53-37/h18-22,24-37,41,43-50H,7-17H2,1-6H3/t19-,20?,21+,22?,24?,25-,26?,27+,28+,29-,30+,31+,32-,33+,34-,35?,36-,37+,38+,39-,40+/m1/s1. The van der Waals surface area contributed by atoms with E-state index in [1.807, 2.05) is 0 Å². The number of hydrogen-bond acceptors (Lipinski definition) is 15. The summed E-state index contributed by atoms with van der Waals surface area (Å²) in [6, 6.07) is 0. The van der Waals surface area contributed by atoms with Gasteiger partial charge in [-0.1, -0.05) is 34.6 Å². The van der Waals surface area contributed by atoms with Crippen molar-refractivity contribution in [2.45, 2.75) is 165 Å². The van der Waals surface area contributed by atoms with Gasteiger partial charge in [0.05, 0.1) is 43.7 Å². The number of aliphatic hydroxyl groups excluding tert-OH is 8. The third-order valence-electron chi connectivity index (χ3n) is 15.5. The molecule has 2 saturated heterocycles. The van der Waals surface area contributed by atoms with Gasteiger partial charge in [0.1, 0.15) is 48.5 Å². The summed E-state index contributed by atoms with van der Waals surface area (Å²) in [5.41, 5.74) is -2.71. The quantitative estimate of drug-likeness (QED) is 0.110. The first kappa shape index (κ1) is 43.7. The molecule has 0 aromatic rings. The predicted molar refractivity (Wildman–Crippen MR) is 194 cm³/mol. The molecule has 2 aliphatic heterocycles. The van der Waals surface area contributed by atoms with Gasteiger partial charge in [0.15, 0.2) is 12.6 Å². The first-order valence-corrected chi connectivity index (χ1v) is 20.5. The zero-order chi connectivity index (χ0) is 40.4. The Hall–Kier alpha value is -0.890. The summed E-state index contributed by atoms with van der Waals surface area (Å²) in [5, 5.41) is 96.9. The molecule has 9 N–H and O–H groups in total. The molecular formula is C40H68O15. The lowest BCUT2D eigenvalue weighted by Crippen LogP contribution is -2.68. The van der Waals surface area contributed by atoms with Crippen LogP contribution in [0.3, 0.4) is 0 Å². The molecule has 6 aliphatic rings. The second kappa shape index (κ2) is 16.6. The zero-order valence-electron chi connectivity index (χ0n) is 33.2. The average Bonchev–Trinajstić information content (AvgIpc) is 3.53. The van der Waals surface area contributed by atoms with Crippen molar-refractivity contribution in [2.75, 3.05) is 26.9 Å². The van der Waals surface area contributed by atoms with Gasteiger partial charge in [-0.3, -0.25) is 4.79 Å². The number of aliphatic hydroxyl groups is 9. The molecule has 55 heavy (non-hydrogen) atoms. The maximum atomic E-state index is 14.2. The molecule has 2 heterocycles. The van der Waals surface area contributed by atoms with Gasteiger partial charge in [-0.25, -0.2) is 0 Å². The number of rotatable bonds is 13. The lowest BCUT2D eigenvalue weighted by atomic mass is 9.42. The Labute approximate surface area is 324 Å². The van der Waals surface area contributed by atoms with Crippen molar-refractivity contribution in [3.05, 3.63) is 0 Å². The van der Waals surface area contributed by atoms with Gasteiger partial charge >= 0.3 is 0 Å². The van der Waals surface area contributed by atoms with Crippen LogP contribution in [0.2, 0.25) is 0 Å². The van der Waals surface area contributed by atoms with Gasteiger partial charge in [0.25, 0.3) is 0 Å². The van der Waals surface area contributed by atoms with Crippen LogP contribution in [0.5, 0.6) is 0 Å².